The Hall–Kier alpha value is -2.42. The van der Waals surface area contributed by atoms with Gasteiger partial charge in [0.05, 0.1) is 11.3 Å². The zero-order chi connectivity index (χ0) is 12.5. The number of nitrogens with one attached hydrogen (secondary N) is 1. The summed E-state index contributed by atoms with van der Waals surface area (Å²) in [7, 11) is 0. The molecule has 0 amide bonds. The van der Waals surface area contributed by atoms with E-state index in [0.29, 0.717) is 11.3 Å². The van der Waals surface area contributed by atoms with Gasteiger partial charge in [-0.25, -0.2) is 0 Å². The van der Waals surface area contributed by atoms with Crippen LogP contribution in [-0.2, 0) is 0 Å². The Morgan fingerprint density at radius 3 is 2.61 bits per heavy atom. The van der Waals surface area contributed by atoms with Crippen molar-refractivity contribution >= 4 is 10.9 Å². The van der Waals surface area contributed by atoms with Crippen molar-refractivity contribution in [2.75, 3.05) is 0 Å². The first kappa shape index (κ1) is 10.7. The molecule has 2 aromatic heterocycles. The maximum Gasteiger partial charge on any atom is 0.258 e. The Labute approximate surface area is 104 Å². The summed E-state index contributed by atoms with van der Waals surface area (Å²) in [6.07, 6.45) is 1.70. The molecule has 0 aliphatic rings. The van der Waals surface area contributed by atoms with E-state index in [-0.39, 0.29) is 5.56 Å². The highest BCUT2D eigenvalue weighted by Gasteiger charge is 2.11. The Morgan fingerprint density at radius 1 is 1.06 bits per heavy atom. The number of para-hydroxylation sites is 1. The molecule has 0 aliphatic carbocycles. The zero-order valence-corrected chi connectivity index (χ0v) is 9.97. The van der Waals surface area contributed by atoms with Crippen LogP contribution in [0.25, 0.3) is 22.2 Å². The molecule has 18 heavy (non-hydrogen) atoms. The van der Waals surface area contributed by atoms with E-state index >= 15 is 0 Å². The van der Waals surface area contributed by atoms with Crippen LogP contribution in [0.4, 0.5) is 0 Å². The number of aromatic nitrogens is 2. The molecule has 3 rings (SSSR count). The summed E-state index contributed by atoms with van der Waals surface area (Å²) in [5, 5.41) is 1.05. The second kappa shape index (κ2) is 4.11. The van der Waals surface area contributed by atoms with Crippen LogP contribution in [0.3, 0.4) is 0 Å². The van der Waals surface area contributed by atoms with Crippen molar-refractivity contribution in [2.45, 2.75) is 6.92 Å². The molecular formula is C15H12N2O. The number of H-pyrrole nitrogens is 1. The van der Waals surface area contributed by atoms with Crippen molar-refractivity contribution in [2.24, 2.45) is 0 Å². The summed E-state index contributed by atoms with van der Waals surface area (Å²) in [5.41, 5.74) is 3.09. The summed E-state index contributed by atoms with van der Waals surface area (Å²) in [4.78, 5) is 19.3. The lowest BCUT2D eigenvalue weighted by Crippen LogP contribution is -2.11. The molecular weight excluding hydrogens is 224 g/mol. The third-order valence-corrected chi connectivity index (χ3v) is 3.10. The predicted octanol–water partition coefficient (Wildman–Crippen LogP) is 2.90. The normalized spacial score (nSPS) is 10.7. The third-order valence-electron chi connectivity index (χ3n) is 3.10. The van der Waals surface area contributed by atoms with Gasteiger partial charge >= 0.3 is 0 Å². The second-order valence-corrected chi connectivity index (χ2v) is 4.21. The number of fused-ring (bicyclic) bond motifs is 1. The smallest absolute Gasteiger partial charge is 0.258 e. The van der Waals surface area contributed by atoms with E-state index in [0.717, 1.165) is 16.5 Å². The van der Waals surface area contributed by atoms with Crippen LogP contribution in [0, 0.1) is 6.92 Å². The average molecular weight is 236 g/mol. The van der Waals surface area contributed by atoms with E-state index in [1.54, 1.807) is 6.20 Å². The molecule has 88 valence electrons. The van der Waals surface area contributed by atoms with Crippen molar-refractivity contribution < 1.29 is 0 Å². The van der Waals surface area contributed by atoms with Gasteiger partial charge in [0.1, 0.15) is 0 Å². The first-order valence-corrected chi connectivity index (χ1v) is 5.80. The van der Waals surface area contributed by atoms with Crippen molar-refractivity contribution in [1.82, 2.24) is 9.97 Å². The van der Waals surface area contributed by atoms with Gasteiger partial charge in [0, 0.05) is 17.1 Å². The third kappa shape index (κ3) is 1.61. The molecule has 0 spiro atoms. The number of nitrogens with zero attached hydrogens (tertiary/aromatic N) is 1. The van der Waals surface area contributed by atoms with Gasteiger partial charge in [0.25, 0.3) is 5.56 Å². The molecule has 0 saturated carbocycles. The predicted molar refractivity (Wildman–Crippen MR) is 72.5 cm³/mol. The van der Waals surface area contributed by atoms with Crippen molar-refractivity contribution in [1.29, 1.82) is 0 Å². The lowest BCUT2D eigenvalue weighted by Gasteiger charge is -2.07. The lowest BCUT2D eigenvalue weighted by molar-refractivity contribution is 1.23. The molecule has 3 aromatic rings. The van der Waals surface area contributed by atoms with Crippen LogP contribution < -0.4 is 5.56 Å². The van der Waals surface area contributed by atoms with Gasteiger partial charge in [-0.2, -0.15) is 0 Å². The number of hydrogen-bond donors (Lipinski definition) is 1. The molecule has 0 radical (unpaired) electrons. The van der Waals surface area contributed by atoms with Crippen LogP contribution in [0.5, 0.6) is 0 Å². The molecule has 1 aromatic carbocycles. The first-order chi connectivity index (χ1) is 8.77. The summed E-state index contributed by atoms with van der Waals surface area (Å²) >= 11 is 0. The molecule has 1 N–H and O–H groups in total. The summed E-state index contributed by atoms with van der Waals surface area (Å²) in [6.45, 7) is 1.96. The number of hydrogen-bond acceptors (Lipinski definition) is 2. The van der Waals surface area contributed by atoms with Crippen LogP contribution in [0.2, 0.25) is 0 Å². The highest BCUT2D eigenvalue weighted by molar-refractivity contribution is 5.87. The molecule has 0 saturated heterocycles. The standard InChI is InChI=1S/C15H12N2O/c1-10-11-6-2-3-7-12(11)17-15(18)14(10)13-8-4-5-9-16-13/h2-9H,1H3,(H,17,18). The summed E-state index contributed by atoms with van der Waals surface area (Å²) in [5.74, 6) is 0. The monoisotopic (exact) mass is 236 g/mol. The fourth-order valence-electron chi connectivity index (χ4n) is 2.23. The van der Waals surface area contributed by atoms with Gasteiger partial charge < -0.3 is 4.98 Å². The van der Waals surface area contributed by atoms with Gasteiger partial charge in [-0.3, -0.25) is 9.78 Å². The largest absolute Gasteiger partial charge is 0.321 e. The van der Waals surface area contributed by atoms with E-state index in [9.17, 15) is 4.79 Å². The Morgan fingerprint density at radius 2 is 1.83 bits per heavy atom. The van der Waals surface area contributed by atoms with Gasteiger partial charge in [0.2, 0.25) is 0 Å². The number of aryl methyl sites for hydroxylation is 1. The summed E-state index contributed by atoms with van der Waals surface area (Å²) < 4.78 is 0. The highest BCUT2D eigenvalue weighted by Crippen LogP contribution is 2.23. The van der Waals surface area contributed by atoms with E-state index in [4.69, 9.17) is 0 Å². The fourth-order valence-corrected chi connectivity index (χ4v) is 2.23. The highest BCUT2D eigenvalue weighted by atomic mass is 16.1. The van der Waals surface area contributed by atoms with Gasteiger partial charge in [0.15, 0.2) is 0 Å². The molecule has 3 nitrogen and oxygen atoms in total. The number of pyridine rings is 2. The molecule has 0 bridgehead atoms. The van der Waals surface area contributed by atoms with Crippen LogP contribution in [-0.4, -0.2) is 9.97 Å². The Balaban J connectivity index is 2.41. The number of rotatable bonds is 1. The van der Waals surface area contributed by atoms with Crippen molar-refractivity contribution in [3.8, 4) is 11.3 Å². The molecule has 3 heteroatoms. The van der Waals surface area contributed by atoms with E-state index in [1.807, 2.05) is 49.4 Å². The number of aromatic amines is 1. The quantitative estimate of drug-likeness (QED) is 0.706. The minimum absolute atomic E-state index is 0.0927. The summed E-state index contributed by atoms with van der Waals surface area (Å²) in [6, 6.07) is 13.4. The number of benzene rings is 1. The fraction of sp³-hybridized carbons (Fsp3) is 0.0667. The van der Waals surface area contributed by atoms with E-state index in [2.05, 4.69) is 9.97 Å². The Bertz CT molecular complexity index is 760. The molecule has 0 fully saturated rings. The maximum absolute atomic E-state index is 12.2. The van der Waals surface area contributed by atoms with E-state index in [1.165, 1.54) is 0 Å². The van der Waals surface area contributed by atoms with Gasteiger partial charge in [-0.15, -0.1) is 0 Å². The van der Waals surface area contributed by atoms with Crippen molar-refractivity contribution in [3.63, 3.8) is 0 Å². The lowest BCUT2D eigenvalue weighted by atomic mass is 10.0. The maximum atomic E-state index is 12.2. The van der Waals surface area contributed by atoms with Crippen molar-refractivity contribution in [3.05, 3.63) is 64.6 Å². The molecule has 0 unspecified atom stereocenters. The SMILES string of the molecule is Cc1c(-c2ccccn2)c(=O)[nH]c2ccccc12. The average Bonchev–Trinajstić information content (AvgIpc) is 2.40. The first-order valence-electron chi connectivity index (χ1n) is 5.80. The van der Waals surface area contributed by atoms with E-state index < -0.39 is 0 Å². The molecule has 0 atom stereocenters. The van der Waals surface area contributed by atoms with Crippen LogP contribution in [0.15, 0.2) is 53.5 Å². The second-order valence-electron chi connectivity index (χ2n) is 4.21. The van der Waals surface area contributed by atoms with Crippen LogP contribution in [0.1, 0.15) is 5.56 Å². The minimum Gasteiger partial charge on any atom is -0.321 e. The molecule has 0 aliphatic heterocycles. The van der Waals surface area contributed by atoms with Gasteiger partial charge in [-0.05, 0) is 30.7 Å². The topological polar surface area (TPSA) is 45.8 Å². The molecule has 2 heterocycles. The van der Waals surface area contributed by atoms with Crippen LogP contribution >= 0.6 is 0 Å². The minimum atomic E-state index is -0.0927. The van der Waals surface area contributed by atoms with Gasteiger partial charge in [-0.1, -0.05) is 24.3 Å². The Kier molecular flexibility index (Phi) is 2.45. The zero-order valence-electron chi connectivity index (χ0n) is 9.97.